The van der Waals surface area contributed by atoms with E-state index in [0.717, 1.165) is 10.6 Å². The monoisotopic (exact) mass is 389 g/mol. The van der Waals surface area contributed by atoms with Crippen LogP contribution in [0.2, 0.25) is 0 Å². The highest BCUT2D eigenvalue weighted by Gasteiger charge is 2.60. The van der Waals surface area contributed by atoms with Crippen molar-refractivity contribution in [3.05, 3.63) is 52.7 Å². The van der Waals surface area contributed by atoms with Crippen LogP contribution in [0.1, 0.15) is 31.2 Å². The Hall–Kier alpha value is -2.38. The fourth-order valence-corrected chi connectivity index (χ4v) is 4.25. The van der Waals surface area contributed by atoms with E-state index >= 15 is 0 Å². The van der Waals surface area contributed by atoms with Crippen molar-refractivity contribution in [2.75, 3.05) is 24.9 Å². The topological polar surface area (TPSA) is 65.1 Å². The van der Waals surface area contributed by atoms with Crippen LogP contribution in [0.25, 0.3) is 0 Å². The fourth-order valence-electron chi connectivity index (χ4n) is 3.35. The number of thiophene rings is 1. The Morgan fingerprint density at radius 3 is 2.33 bits per heavy atom. The van der Waals surface area contributed by atoms with Crippen LogP contribution in [0.5, 0.6) is 0 Å². The average molecular weight is 389 g/mol. The summed E-state index contributed by atoms with van der Waals surface area (Å²) in [4.78, 5) is 33.0. The Balaban J connectivity index is 2.16. The smallest absolute Gasteiger partial charge is 0.326 e. The van der Waals surface area contributed by atoms with Gasteiger partial charge >= 0.3 is 11.9 Å². The molecular weight excluding hydrogens is 366 g/mol. The normalized spacial score (nSPS) is 18.7. The van der Waals surface area contributed by atoms with E-state index in [1.165, 1.54) is 11.3 Å². The van der Waals surface area contributed by atoms with Crippen LogP contribution in [0.3, 0.4) is 0 Å². The molecule has 0 N–H and O–H groups in total. The van der Waals surface area contributed by atoms with Crippen molar-refractivity contribution in [3.63, 3.8) is 0 Å². The summed E-state index contributed by atoms with van der Waals surface area (Å²) < 4.78 is 10.7. The van der Waals surface area contributed by atoms with Gasteiger partial charge in [0.2, 0.25) is 0 Å². The van der Waals surface area contributed by atoms with Crippen molar-refractivity contribution >= 4 is 29.0 Å². The third-order valence-electron chi connectivity index (χ3n) is 4.53. The van der Waals surface area contributed by atoms with Gasteiger partial charge in [0.05, 0.1) is 25.5 Å². The van der Waals surface area contributed by atoms with E-state index in [1.54, 1.807) is 18.9 Å². The molecule has 1 atom stereocenters. The lowest BCUT2D eigenvalue weighted by Crippen LogP contribution is -2.56. The first-order chi connectivity index (χ1) is 13.1. The van der Waals surface area contributed by atoms with Gasteiger partial charge in [-0.25, -0.2) is 5.06 Å². The Morgan fingerprint density at radius 2 is 1.78 bits per heavy atom. The number of ether oxygens (including phenoxy) is 2. The van der Waals surface area contributed by atoms with Gasteiger partial charge in [-0.05, 0) is 37.4 Å². The van der Waals surface area contributed by atoms with Crippen LogP contribution in [0.4, 0.5) is 5.69 Å². The van der Waals surface area contributed by atoms with Gasteiger partial charge in [-0.1, -0.05) is 24.3 Å². The number of anilines is 1. The van der Waals surface area contributed by atoms with Crippen molar-refractivity contribution in [1.82, 2.24) is 0 Å². The first-order valence-corrected chi connectivity index (χ1v) is 9.88. The minimum Gasteiger partial charge on any atom is -0.465 e. The number of rotatable bonds is 6. The second-order valence-corrected chi connectivity index (χ2v) is 7.05. The predicted octanol–water partition coefficient (Wildman–Crippen LogP) is 3.74. The zero-order chi connectivity index (χ0) is 19.3. The van der Waals surface area contributed by atoms with E-state index in [2.05, 4.69) is 0 Å². The number of esters is 2. The predicted molar refractivity (Wildman–Crippen MR) is 102 cm³/mol. The molecule has 1 aliphatic heterocycles. The maximum Gasteiger partial charge on any atom is 0.326 e. The second-order valence-electron chi connectivity index (χ2n) is 6.07. The SMILES string of the molecule is CCOC(=O)C1(C(=O)OCC)CCON(c2ccccc2)[C@@H]1c1cccs1. The Labute approximate surface area is 162 Å². The molecule has 0 radical (unpaired) electrons. The standard InChI is InChI=1S/C20H23NO5S/c1-3-24-18(22)20(19(23)25-4-2)12-13-26-21(15-9-6-5-7-10-15)17(20)16-11-8-14-27-16/h5-11,14,17H,3-4,12-13H2,1-2H3/t17-/m1/s1. The van der Waals surface area contributed by atoms with Crippen molar-refractivity contribution in [2.24, 2.45) is 5.41 Å². The number of hydrogen-bond donors (Lipinski definition) is 0. The second kappa shape index (κ2) is 8.54. The molecule has 0 bridgehead atoms. The maximum atomic E-state index is 13.1. The van der Waals surface area contributed by atoms with E-state index in [4.69, 9.17) is 14.3 Å². The van der Waals surface area contributed by atoms with Crippen LogP contribution in [-0.4, -0.2) is 31.8 Å². The van der Waals surface area contributed by atoms with Crippen LogP contribution < -0.4 is 5.06 Å². The molecule has 27 heavy (non-hydrogen) atoms. The van der Waals surface area contributed by atoms with Gasteiger partial charge in [0, 0.05) is 11.3 Å². The highest BCUT2D eigenvalue weighted by molar-refractivity contribution is 7.10. The fraction of sp³-hybridized carbons (Fsp3) is 0.400. The minimum absolute atomic E-state index is 0.184. The zero-order valence-electron chi connectivity index (χ0n) is 15.4. The number of hydrogen-bond acceptors (Lipinski definition) is 7. The lowest BCUT2D eigenvalue weighted by atomic mass is 9.75. The molecule has 0 aliphatic carbocycles. The summed E-state index contributed by atoms with van der Waals surface area (Å²) in [5.74, 6) is -1.16. The highest BCUT2D eigenvalue weighted by atomic mass is 32.1. The van der Waals surface area contributed by atoms with E-state index in [1.807, 2.05) is 47.8 Å². The van der Waals surface area contributed by atoms with E-state index < -0.39 is 23.4 Å². The number of nitrogens with zero attached hydrogens (tertiary/aromatic N) is 1. The molecule has 0 spiro atoms. The van der Waals surface area contributed by atoms with Gasteiger partial charge in [-0.3, -0.25) is 14.4 Å². The largest absolute Gasteiger partial charge is 0.465 e. The minimum atomic E-state index is -1.50. The first kappa shape index (κ1) is 19.4. The summed E-state index contributed by atoms with van der Waals surface area (Å²) in [6.07, 6.45) is 0.191. The molecule has 6 nitrogen and oxygen atoms in total. The molecule has 2 heterocycles. The molecule has 0 unspecified atom stereocenters. The van der Waals surface area contributed by atoms with Gasteiger partial charge in [0.25, 0.3) is 0 Å². The van der Waals surface area contributed by atoms with Crippen molar-refractivity contribution < 1.29 is 23.9 Å². The number of benzene rings is 1. The number of carbonyl (C=O) groups excluding carboxylic acids is 2. The molecule has 0 saturated carbocycles. The molecule has 1 fully saturated rings. The lowest BCUT2D eigenvalue weighted by molar-refractivity contribution is -0.183. The molecule has 1 aliphatic rings. The van der Waals surface area contributed by atoms with E-state index in [0.29, 0.717) is 0 Å². The molecule has 7 heteroatoms. The van der Waals surface area contributed by atoms with E-state index in [9.17, 15) is 9.59 Å². The van der Waals surface area contributed by atoms with Crippen LogP contribution in [0.15, 0.2) is 47.8 Å². The maximum absolute atomic E-state index is 13.1. The number of para-hydroxylation sites is 1. The average Bonchev–Trinajstić information content (AvgIpc) is 3.22. The van der Waals surface area contributed by atoms with Gasteiger partial charge in [0.15, 0.2) is 5.41 Å². The Bertz CT molecular complexity index is 744. The molecule has 3 rings (SSSR count). The van der Waals surface area contributed by atoms with Crippen molar-refractivity contribution in [3.8, 4) is 0 Å². The third kappa shape index (κ3) is 3.57. The summed E-state index contributed by atoms with van der Waals surface area (Å²) in [6, 6.07) is 12.5. The molecule has 144 valence electrons. The van der Waals surface area contributed by atoms with Crippen molar-refractivity contribution in [1.29, 1.82) is 0 Å². The quantitative estimate of drug-likeness (QED) is 0.554. The third-order valence-corrected chi connectivity index (χ3v) is 5.46. The highest BCUT2D eigenvalue weighted by Crippen LogP contribution is 2.49. The molecule has 0 amide bonds. The van der Waals surface area contributed by atoms with Gasteiger partial charge in [0.1, 0.15) is 6.04 Å². The first-order valence-electron chi connectivity index (χ1n) is 9.00. The summed E-state index contributed by atoms with van der Waals surface area (Å²) in [7, 11) is 0. The molecule has 1 saturated heterocycles. The Kier molecular flexibility index (Phi) is 6.13. The van der Waals surface area contributed by atoms with Crippen LogP contribution in [-0.2, 0) is 23.9 Å². The van der Waals surface area contributed by atoms with Crippen LogP contribution in [0, 0.1) is 5.41 Å². The van der Waals surface area contributed by atoms with Crippen LogP contribution >= 0.6 is 11.3 Å². The van der Waals surface area contributed by atoms with Gasteiger partial charge in [-0.2, -0.15) is 0 Å². The summed E-state index contributed by atoms with van der Waals surface area (Å²) in [5, 5.41) is 3.55. The summed E-state index contributed by atoms with van der Waals surface area (Å²) >= 11 is 1.46. The molecule has 1 aromatic heterocycles. The zero-order valence-corrected chi connectivity index (χ0v) is 16.2. The van der Waals surface area contributed by atoms with Crippen molar-refractivity contribution in [2.45, 2.75) is 26.3 Å². The number of hydroxylamine groups is 1. The molecule has 2 aromatic rings. The molecular formula is C20H23NO5S. The lowest BCUT2D eigenvalue weighted by Gasteiger charge is -2.45. The Morgan fingerprint density at radius 1 is 1.11 bits per heavy atom. The molecule has 1 aromatic carbocycles. The van der Waals surface area contributed by atoms with Gasteiger partial charge < -0.3 is 9.47 Å². The van der Waals surface area contributed by atoms with E-state index in [-0.39, 0.29) is 26.2 Å². The summed E-state index contributed by atoms with van der Waals surface area (Å²) in [5.41, 5.74) is -0.737. The number of carbonyl (C=O) groups is 2. The summed E-state index contributed by atoms with van der Waals surface area (Å²) in [6.45, 7) is 4.03. The van der Waals surface area contributed by atoms with Gasteiger partial charge in [-0.15, -0.1) is 11.3 Å².